The van der Waals surface area contributed by atoms with Crippen LogP contribution < -0.4 is 10.2 Å². The van der Waals surface area contributed by atoms with E-state index < -0.39 is 0 Å². The van der Waals surface area contributed by atoms with E-state index in [0.717, 1.165) is 37.4 Å². The molecule has 0 spiro atoms. The van der Waals surface area contributed by atoms with Gasteiger partial charge in [-0.1, -0.05) is 12.1 Å². The Morgan fingerprint density at radius 2 is 2.05 bits per heavy atom. The predicted octanol–water partition coefficient (Wildman–Crippen LogP) is 2.56. The normalized spacial score (nSPS) is 14.2. The van der Waals surface area contributed by atoms with Crippen molar-refractivity contribution in [2.24, 2.45) is 0 Å². The van der Waals surface area contributed by atoms with E-state index >= 15 is 0 Å². The number of amides is 1. The number of carbonyl (C=O) groups excluding carboxylic acids is 1. The van der Waals surface area contributed by atoms with Crippen LogP contribution in [0, 0.1) is 6.92 Å². The first-order chi connectivity index (χ1) is 10.2. The van der Waals surface area contributed by atoms with Crippen LogP contribution in [0.15, 0.2) is 30.5 Å². The highest BCUT2D eigenvalue weighted by molar-refractivity contribution is 5.95. The topological polar surface area (TPSA) is 61.0 Å². The van der Waals surface area contributed by atoms with Crippen LogP contribution in [0.25, 0.3) is 0 Å². The van der Waals surface area contributed by atoms with Crippen molar-refractivity contribution in [1.29, 1.82) is 0 Å². The number of nitrogens with zero attached hydrogens (tertiary/aromatic N) is 2. The molecule has 22 heavy (non-hydrogen) atoms. The van der Waals surface area contributed by atoms with E-state index in [1.54, 1.807) is 0 Å². The van der Waals surface area contributed by atoms with E-state index in [1.165, 1.54) is 11.1 Å². The van der Waals surface area contributed by atoms with Gasteiger partial charge < -0.3 is 10.2 Å². The van der Waals surface area contributed by atoms with Crippen LogP contribution in [-0.2, 0) is 17.9 Å². The molecular weight excluding hydrogens is 300 g/mol. The predicted molar refractivity (Wildman–Crippen MR) is 89.1 cm³/mol. The number of nitrogens with one attached hydrogen (secondary N) is 2. The van der Waals surface area contributed by atoms with Gasteiger partial charge in [-0.05, 0) is 31.0 Å². The molecule has 0 aliphatic carbocycles. The second-order valence-electron chi connectivity index (χ2n) is 5.44. The van der Waals surface area contributed by atoms with Crippen molar-refractivity contribution in [3.8, 4) is 0 Å². The molecule has 0 radical (unpaired) electrons. The van der Waals surface area contributed by atoms with Crippen LogP contribution in [0.3, 0.4) is 0 Å². The molecule has 1 fully saturated rings. The van der Waals surface area contributed by atoms with E-state index in [9.17, 15) is 4.79 Å². The molecule has 6 heteroatoms. The number of aryl methyl sites for hydroxylation is 1. The van der Waals surface area contributed by atoms with Gasteiger partial charge in [-0.15, -0.1) is 12.4 Å². The van der Waals surface area contributed by atoms with E-state index in [-0.39, 0.29) is 18.3 Å². The molecule has 0 saturated carbocycles. The summed E-state index contributed by atoms with van der Waals surface area (Å²) < 4.78 is 0. The highest BCUT2D eigenvalue weighted by Gasteiger charge is 2.21. The van der Waals surface area contributed by atoms with Gasteiger partial charge in [-0.2, -0.15) is 5.10 Å². The molecule has 0 bridgehead atoms. The number of halogens is 1. The zero-order valence-electron chi connectivity index (χ0n) is 12.6. The number of hydrogen-bond acceptors (Lipinski definition) is 3. The second-order valence-corrected chi connectivity index (χ2v) is 5.44. The second kappa shape index (κ2) is 7.42. The largest absolute Gasteiger partial charge is 0.312 e. The number of H-pyrrole nitrogens is 1. The van der Waals surface area contributed by atoms with Crippen molar-refractivity contribution in [3.05, 3.63) is 47.3 Å². The Morgan fingerprint density at radius 1 is 1.27 bits per heavy atom. The highest BCUT2D eigenvalue weighted by Crippen LogP contribution is 2.21. The Morgan fingerprint density at radius 3 is 2.64 bits per heavy atom. The highest BCUT2D eigenvalue weighted by atomic mass is 35.5. The van der Waals surface area contributed by atoms with Crippen molar-refractivity contribution >= 4 is 24.0 Å². The van der Waals surface area contributed by atoms with E-state index in [0.29, 0.717) is 6.42 Å². The van der Waals surface area contributed by atoms with Crippen molar-refractivity contribution in [1.82, 2.24) is 15.5 Å². The Hall–Kier alpha value is -1.85. The number of benzene rings is 1. The quantitative estimate of drug-likeness (QED) is 0.890. The van der Waals surface area contributed by atoms with Gasteiger partial charge >= 0.3 is 0 Å². The minimum atomic E-state index is 0. The molecule has 5 nitrogen and oxygen atoms in total. The molecule has 2 N–H and O–H groups in total. The van der Waals surface area contributed by atoms with Gasteiger partial charge in [0, 0.05) is 43.0 Å². The number of carbonyl (C=O) groups is 1. The van der Waals surface area contributed by atoms with Gasteiger partial charge in [0.1, 0.15) is 0 Å². The lowest BCUT2D eigenvalue weighted by Crippen LogP contribution is -2.23. The van der Waals surface area contributed by atoms with E-state index in [4.69, 9.17) is 0 Å². The Labute approximate surface area is 136 Å². The van der Waals surface area contributed by atoms with Crippen LogP contribution in [0.2, 0.25) is 0 Å². The molecule has 118 valence electrons. The van der Waals surface area contributed by atoms with Crippen LogP contribution in [0.4, 0.5) is 5.69 Å². The first-order valence-electron chi connectivity index (χ1n) is 7.33. The molecule has 1 aliphatic heterocycles. The summed E-state index contributed by atoms with van der Waals surface area (Å²) in [5.74, 6) is 0.233. The molecule has 1 aromatic carbocycles. The number of anilines is 1. The standard InChI is InChI=1S/C16H20N4O.ClH/c1-12-14(11-18-19-12)10-17-9-13-4-6-15(7-5-13)20-8-2-3-16(20)21;/h4-7,11,17H,2-3,8-10H2,1H3,(H,18,19);1H. The fraction of sp³-hybridized carbons (Fsp3) is 0.375. The summed E-state index contributed by atoms with van der Waals surface area (Å²) in [7, 11) is 0. The van der Waals surface area contributed by atoms with Crippen LogP contribution in [0.5, 0.6) is 0 Å². The molecule has 2 heterocycles. The van der Waals surface area contributed by atoms with Crippen molar-refractivity contribution in [3.63, 3.8) is 0 Å². The van der Waals surface area contributed by atoms with E-state index in [2.05, 4.69) is 27.6 Å². The molecule has 2 aromatic rings. The van der Waals surface area contributed by atoms with Crippen LogP contribution in [0.1, 0.15) is 29.7 Å². The summed E-state index contributed by atoms with van der Waals surface area (Å²) in [5, 5.41) is 10.3. The summed E-state index contributed by atoms with van der Waals surface area (Å²) in [6, 6.07) is 8.22. The minimum absolute atomic E-state index is 0. The van der Waals surface area contributed by atoms with Gasteiger partial charge in [0.15, 0.2) is 0 Å². The fourth-order valence-electron chi connectivity index (χ4n) is 2.61. The van der Waals surface area contributed by atoms with Crippen molar-refractivity contribution < 1.29 is 4.79 Å². The molecular formula is C16H21ClN4O. The summed E-state index contributed by atoms with van der Waals surface area (Å²) in [6.45, 7) is 4.47. The number of hydrogen-bond donors (Lipinski definition) is 2. The number of aromatic amines is 1. The first-order valence-corrected chi connectivity index (χ1v) is 7.33. The first kappa shape index (κ1) is 16.5. The van der Waals surface area contributed by atoms with Gasteiger partial charge in [-0.25, -0.2) is 0 Å². The fourth-order valence-corrected chi connectivity index (χ4v) is 2.61. The zero-order valence-corrected chi connectivity index (χ0v) is 13.4. The average Bonchev–Trinajstić information content (AvgIpc) is 3.09. The summed E-state index contributed by atoms with van der Waals surface area (Å²) in [5.41, 5.74) is 4.51. The zero-order chi connectivity index (χ0) is 14.7. The van der Waals surface area contributed by atoms with Crippen LogP contribution >= 0.6 is 12.4 Å². The molecule has 0 atom stereocenters. The van der Waals surface area contributed by atoms with Gasteiger partial charge in [0.2, 0.25) is 5.91 Å². The molecule has 3 rings (SSSR count). The number of aromatic nitrogens is 2. The Kier molecular flexibility index (Phi) is 5.57. The van der Waals surface area contributed by atoms with Crippen LogP contribution in [-0.4, -0.2) is 22.6 Å². The lowest BCUT2D eigenvalue weighted by atomic mass is 10.2. The molecule has 1 aromatic heterocycles. The maximum Gasteiger partial charge on any atom is 0.227 e. The minimum Gasteiger partial charge on any atom is -0.312 e. The summed E-state index contributed by atoms with van der Waals surface area (Å²) in [6.07, 6.45) is 3.49. The smallest absolute Gasteiger partial charge is 0.227 e. The number of rotatable bonds is 5. The SMILES string of the molecule is Cc1[nH]ncc1CNCc1ccc(N2CCCC2=O)cc1.Cl. The molecule has 1 saturated heterocycles. The average molecular weight is 321 g/mol. The monoisotopic (exact) mass is 320 g/mol. The lowest BCUT2D eigenvalue weighted by Gasteiger charge is -2.16. The maximum absolute atomic E-state index is 11.7. The van der Waals surface area contributed by atoms with Crippen molar-refractivity contribution in [2.45, 2.75) is 32.9 Å². The third kappa shape index (κ3) is 3.67. The third-order valence-corrected chi connectivity index (χ3v) is 3.90. The van der Waals surface area contributed by atoms with Crippen molar-refractivity contribution in [2.75, 3.05) is 11.4 Å². The maximum atomic E-state index is 11.7. The van der Waals surface area contributed by atoms with Gasteiger partial charge in [0.05, 0.1) is 6.20 Å². The van der Waals surface area contributed by atoms with E-state index in [1.807, 2.05) is 30.2 Å². The molecule has 0 unspecified atom stereocenters. The lowest BCUT2D eigenvalue weighted by molar-refractivity contribution is -0.117. The van der Waals surface area contributed by atoms with Gasteiger partial charge in [0.25, 0.3) is 0 Å². The summed E-state index contributed by atoms with van der Waals surface area (Å²) >= 11 is 0. The summed E-state index contributed by atoms with van der Waals surface area (Å²) in [4.78, 5) is 13.6. The third-order valence-electron chi connectivity index (χ3n) is 3.90. The Bertz CT molecular complexity index is 623. The Balaban J connectivity index is 0.00000176. The molecule has 1 aliphatic rings. The molecule has 1 amide bonds. The van der Waals surface area contributed by atoms with Gasteiger partial charge in [-0.3, -0.25) is 9.89 Å².